The zero-order chi connectivity index (χ0) is 11.3. The Kier molecular flexibility index (Phi) is 4.78. The first-order valence-corrected chi connectivity index (χ1v) is 5.20. The van der Waals surface area contributed by atoms with Gasteiger partial charge in [-0.3, -0.25) is 0 Å². The Morgan fingerprint density at radius 2 is 2.27 bits per heavy atom. The number of halogens is 2. The van der Waals surface area contributed by atoms with Gasteiger partial charge < -0.3 is 10.6 Å². The number of hydrogen-bond donors (Lipinski definition) is 2. The van der Waals surface area contributed by atoms with Crippen molar-refractivity contribution in [2.75, 3.05) is 25.5 Å². The maximum absolute atomic E-state index is 13.3. The fraction of sp³-hybridized carbons (Fsp3) is 0.500. The molecule has 1 atom stereocenters. The van der Waals surface area contributed by atoms with Crippen molar-refractivity contribution in [3.05, 3.63) is 23.1 Å². The van der Waals surface area contributed by atoms with E-state index in [2.05, 4.69) is 22.5 Å². The van der Waals surface area contributed by atoms with E-state index in [1.54, 1.807) is 0 Å². The molecule has 15 heavy (non-hydrogen) atoms. The van der Waals surface area contributed by atoms with Gasteiger partial charge in [-0.2, -0.15) is 0 Å². The standard InChI is InChI=1S/C10H15ClFN3/c1-7(4-13-2)5-14-10-9(12)3-8(11)6-15-10/h3,6-7,13H,4-5H2,1-2H3,(H,14,15). The van der Waals surface area contributed by atoms with Crippen molar-refractivity contribution in [3.8, 4) is 0 Å². The van der Waals surface area contributed by atoms with Crippen LogP contribution in [0.15, 0.2) is 12.3 Å². The van der Waals surface area contributed by atoms with Crippen molar-refractivity contribution >= 4 is 17.4 Å². The maximum atomic E-state index is 13.3. The molecule has 3 nitrogen and oxygen atoms in total. The number of nitrogens with one attached hydrogen (secondary N) is 2. The van der Waals surface area contributed by atoms with Crippen LogP contribution in [0.4, 0.5) is 10.2 Å². The normalized spacial score (nSPS) is 12.5. The number of anilines is 1. The topological polar surface area (TPSA) is 37.0 Å². The average molecular weight is 232 g/mol. The lowest BCUT2D eigenvalue weighted by atomic mass is 10.2. The second-order valence-electron chi connectivity index (χ2n) is 3.53. The molecule has 84 valence electrons. The molecule has 0 saturated heterocycles. The fourth-order valence-electron chi connectivity index (χ4n) is 1.24. The van der Waals surface area contributed by atoms with Crippen molar-refractivity contribution in [2.24, 2.45) is 5.92 Å². The summed E-state index contributed by atoms with van der Waals surface area (Å²) in [4.78, 5) is 3.87. The third kappa shape index (κ3) is 4.01. The van der Waals surface area contributed by atoms with Crippen LogP contribution in [-0.4, -0.2) is 25.1 Å². The zero-order valence-electron chi connectivity index (χ0n) is 8.85. The first-order chi connectivity index (χ1) is 7.13. The monoisotopic (exact) mass is 231 g/mol. The van der Waals surface area contributed by atoms with Gasteiger partial charge in [0.1, 0.15) is 0 Å². The zero-order valence-corrected chi connectivity index (χ0v) is 9.61. The lowest BCUT2D eigenvalue weighted by Crippen LogP contribution is -2.23. The van der Waals surface area contributed by atoms with Crippen LogP contribution < -0.4 is 10.6 Å². The summed E-state index contributed by atoms with van der Waals surface area (Å²) in [6.07, 6.45) is 1.43. The molecule has 0 amide bonds. The molecule has 1 heterocycles. The van der Waals surface area contributed by atoms with Crippen LogP contribution in [0.25, 0.3) is 0 Å². The number of aromatic nitrogens is 1. The van der Waals surface area contributed by atoms with Crippen molar-refractivity contribution in [1.29, 1.82) is 0 Å². The molecular formula is C10H15ClFN3. The lowest BCUT2D eigenvalue weighted by molar-refractivity contribution is 0.563. The Morgan fingerprint density at radius 3 is 2.87 bits per heavy atom. The van der Waals surface area contributed by atoms with Crippen molar-refractivity contribution in [3.63, 3.8) is 0 Å². The molecule has 0 spiro atoms. The third-order valence-electron chi connectivity index (χ3n) is 1.98. The van der Waals surface area contributed by atoms with Gasteiger partial charge >= 0.3 is 0 Å². The summed E-state index contributed by atoms with van der Waals surface area (Å²) in [5, 5.41) is 6.30. The van der Waals surface area contributed by atoms with Gasteiger partial charge in [0.2, 0.25) is 0 Å². The van der Waals surface area contributed by atoms with Crippen LogP contribution in [0.5, 0.6) is 0 Å². The highest BCUT2D eigenvalue weighted by atomic mass is 35.5. The second kappa shape index (κ2) is 5.88. The minimum Gasteiger partial charge on any atom is -0.367 e. The molecule has 0 saturated carbocycles. The Morgan fingerprint density at radius 1 is 1.53 bits per heavy atom. The van der Waals surface area contributed by atoms with Gasteiger partial charge in [0, 0.05) is 12.7 Å². The molecule has 1 aromatic heterocycles. The highest BCUT2D eigenvalue weighted by molar-refractivity contribution is 6.30. The third-order valence-corrected chi connectivity index (χ3v) is 2.19. The molecule has 0 aliphatic rings. The fourth-order valence-corrected chi connectivity index (χ4v) is 1.38. The molecule has 2 N–H and O–H groups in total. The van der Waals surface area contributed by atoms with E-state index >= 15 is 0 Å². The molecular weight excluding hydrogens is 217 g/mol. The van der Waals surface area contributed by atoms with Crippen molar-refractivity contribution < 1.29 is 4.39 Å². The van der Waals surface area contributed by atoms with Crippen LogP contribution in [0.2, 0.25) is 5.02 Å². The molecule has 0 radical (unpaired) electrons. The quantitative estimate of drug-likeness (QED) is 0.815. The van der Waals surface area contributed by atoms with Crippen molar-refractivity contribution in [1.82, 2.24) is 10.3 Å². The molecule has 0 bridgehead atoms. The molecule has 0 aromatic carbocycles. The smallest absolute Gasteiger partial charge is 0.166 e. The minimum atomic E-state index is -0.417. The van der Waals surface area contributed by atoms with E-state index in [0.717, 1.165) is 6.54 Å². The summed E-state index contributed by atoms with van der Waals surface area (Å²) in [6, 6.07) is 1.25. The number of nitrogens with zero attached hydrogens (tertiary/aromatic N) is 1. The molecule has 1 rings (SSSR count). The van der Waals surface area contributed by atoms with Crippen LogP contribution in [0.3, 0.4) is 0 Å². The first-order valence-electron chi connectivity index (χ1n) is 4.83. The van der Waals surface area contributed by atoms with Crippen LogP contribution >= 0.6 is 11.6 Å². The number of rotatable bonds is 5. The van der Waals surface area contributed by atoms with Crippen LogP contribution in [0, 0.1) is 11.7 Å². The Hall–Kier alpha value is -0.870. The molecule has 1 aromatic rings. The van der Waals surface area contributed by atoms with Gasteiger partial charge in [-0.05, 0) is 25.6 Å². The Balaban J connectivity index is 2.50. The van der Waals surface area contributed by atoms with E-state index in [-0.39, 0.29) is 5.82 Å². The second-order valence-corrected chi connectivity index (χ2v) is 3.96. The average Bonchev–Trinajstić information content (AvgIpc) is 2.17. The number of hydrogen-bond acceptors (Lipinski definition) is 3. The lowest BCUT2D eigenvalue weighted by Gasteiger charge is -2.12. The van der Waals surface area contributed by atoms with Crippen LogP contribution in [-0.2, 0) is 0 Å². The molecule has 0 aliphatic heterocycles. The maximum Gasteiger partial charge on any atom is 0.166 e. The minimum absolute atomic E-state index is 0.252. The summed E-state index contributed by atoms with van der Waals surface area (Å²) in [5.74, 6) is 0.244. The highest BCUT2D eigenvalue weighted by Gasteiger charge is 2.06. The SMILES string of the molecule is CNCC(C)CNc1ncc(Cl)cc1F. The molecule has 0 aliphatic carbocycles. The first kappa shape index (κ1) is 12.2. The van der Waals surface area contributed by atoms with E-state index in [0.29, 0.717) is 17.5 Å². The van der Waals surface area contributed by atoms with Gasteiger partial charge in [-0.1, -0.05) is 18.5 Å². The summed E-state index contributed by atoms with van der Waals surface area (Å²) in [5.41, 5.74) is 0. The van der Waals surface area contributed by atoms with Gasteiger partial charge in [0.15, 0.2) is 11.6 Å². The Bertz CT molecular complexity index is 320. The summed E-state index contributed by atoms with van der Waals surface area (Å²) in [6.45, 7) is 3.62. The summed E-state index contributed by atoms with van der Waals surface area (Å²) < 4.78 is 13.3. The van der Waals surface area contributed by atoms with E-state index in [1.807, 2.05) is 7.05 Å². The van der Waals surface area contributed by atoms with E-state index < -0.39 is 5.82 Å². The summed E-state index contributed by atoms with van der Waals surface area (Å²) >= 11 is 5.59. The highest BCUT2D eigenvalue weighted by Crippen LogP contribution is 2.15. The van der Waals surface area contributed by atoms with Gasteiger partial charge in [0.05, 0.1) is 5.02 Å². The predicted molar refractivity (Wildman–Crippen MR) is 60.8 cm³/mol. The van der Waals surface area contributed by atoms with E-state index in [4.69, 9.17) is 11.6 Å². The largest absolute Gasteiger partial charge is 0.367 e. The number of pyridine rings is 1. The Labute approximate surface area is 94.0 Å². The van der Waals surface area contributed by atoms with Gasteiger partial charge in [-0.25, -0.2) is 9.37 Å². The van der Waals surface area contributed by atoms with Crippen LogP contribution in [0.1, 0.15) is 6.92 Å². The molecule has 5 heteroatoms. The van der Waals surface area contributed by atoms with E-state index in [9.17, 15) is 4.39 Å². The van der Waals surface area contributed by atoms with Gasteiger partial charge in [0.25, 0.3) is 0 Å². The summed E-state index contributed by atoms with van der Waals surface area (Å²) in [7, 11) is 1.89. The molecule has 0 fully saturated rings. The molecule has 1 unspecified atom stereocenters. The van der Waals surface area contributed by atoms with Gasteiger partial charge in [-0.15, -0.1) is 0 Å². The van der Waals surface area contributed by atoms with Crippen molar-refractivity contribution in [2.45, 2.75) is 6.92 Å². The predicted octanol–water partition coefficient (Wildman–Crippen LogP) is 2.14. The van der Waals surface area contributed by atoms with E-state index in [1.165, 1.54) is 12.3 Å².